The summed E-state index contributed by atoms with van der Waals surface area (Å²) in [5.74, 6) is 0. The van der Waals surface area contributed by atoms with Crippen molar-refractivity contribution in [3.63, 3.8) is 0 Å². The molecule has 1 aromatic rings. The minimum Gasteiger partial charge on any atom is -0.397 e. The molecule has 19 heavy (non-hydrogen) atoms. The molecule has 0 saturated carbocycles. The molecule has 0 aliphatic carbocycles. The van der Waals surface area contributed by atoms with Crippen LogP contribution in [0.2, 0.25) is 0 Å². The molecule has 1 saturated heterocycles. The number of anilines is 2. The molecule has 1 aliphatic rings. The highest BCUT2D eigenvalue weighted by Crippen LogP contribution is 2.27. The van der Waals surface area contributed by atoms with Crippen LogP contribution in [-0.2, 0) is 6.42 Å². The maximum atomic E-state index is 6.23. The molecular weight excluding hydrogens is 234 g/mol. The van der Waals surface area contributed by atoms with Crippen molar-refractivity contribution in [1.29, 1.82) is 0 Å². The lowest BCUT2D eigenvalue weighted by molar-refractivity contribution is 0.400. The molecule has 2 N–H and O–H groups in total. The maximum absolute atomic E-state index is 6.23. The third-order valence-electron chi connectivity index (χ3n) is 3.86. The standard InChI is InChI=1S/C16H27N3/c1-18(2)10-6-7-14-8-9-16(15(17)13-14)19-11-4-3-5-12-19/h8-9,13H,3-7,10-12,17H2,1-2H3. The number of hydrogen-bond donors (Lipinski definition) is 1. The zero-order valence-corrected chi connectivity index (χ0v) is 12.4. The van der Waals surface area contributed by atoms with E-state index in [9.17, 15) is 0 Å². The van der Waals surface area contributed by atoms with Gasteiger partial charge in [0, 0.05) is 13.1 Å². The number of aryl methyl sites for hydroxylation is 1. The van der Waals surface area contributed by atoms with Gasteiger partial charge in [-0.1, -0.05) is 6.07 Å². The first kappa shape index (κ1) is 14.2. The summed E-state index contributed by atoms with van der Waals surface area (Å²) in [6, 6.07) is 6.63. The smallest absolute Gasteiger partial charge is 0.0600 e. The fourth-order valence-corrected chi connectivity index (χ4v) is 2.78. The molecule has 0 amide bonds. The fraction of sp³-hybridized carbons (Fsp3) is 0.625. The second kappa shape index (κ2) is 6.80. The molecule has 0 unspecified atom stereocenters. The second-order valence-electron chi connectivity index (χ2n) is 5.85. The van der Waals surface area contributed by atoms with E-state index in [0.29, 0.717) is 0 Å². The number of rotatable bonds is 5. The highest BCUT2D eigenvalue weighted by molar-refractivity contribution is 5.68. The Labute approximate surface area is 117 Å². The number of nitrogen functional groups attached to an aromatic ring is 1. The molecule has 0 aromatic heterocycles. The minimum absolute atomic E-state index is 0.948. The van der Waals surface area contributed by atoms with Gasteiger partial charge in [0.2, 0.25) is 0 Å². The Bertz CT molecular complexity index is 395. The summed E-state index contributed by atoms with van der Waals surface area (Å²) in [5, 5.41) is 0. The van der Waals surface area contributed by atoms with Crippen molar-refractivity contribution >= 4 is 11.4 Å². The van der Waals surface area contributed by atoms with E-state index in [1.807, 2.05) is 0 Å². The summed E-state index contributed by atoms with van der Waals surface area (Å²) in [6.45, 7) is 3.45. The Morgan fingerprint density at radius 2 is 1.89 bits per heavy atom. The van der Waals surface area contributed by atoms with Gasteiger partial charge in [-0.25, -0.2) is 0 Å². The average molecular weight is 261 g/mol. The van der Waals surface area contributed by atoms with Crippen molar-refractivity contribution < 1.29 is 0 Å². The van der Waals surface area contributed by atoms with Gasteiger partial charge in [-0.3, -0.25) is 0 Å². The average Bonchev–Trinajstić information content (AvgIpc) is 2.39. The molecule has 106 valence electrons. The number of hydrogen-bond acceptors (Lipinski definition) is 3. The Hall–Kier alpha value is -1.22. The lowest BCUT2D eigenvalue weighted by Gasteiger charge is -2.30. The van der Waals surface area contributed by atoms with Crippen LogP contribution in [0.25, 0.3) is 0 Å². The molecule has 0 spiro atoms. The predicted octanol–water partition coefficient (Wildman–Crippen LogP) is 2.75. The van der Waals surface area contributed by atoms with E-state index in [-0.39, 0.29) is 0 Å². The van der Waals surface area contributed by atoms with Crippen molar-refractivity contribution in [2.24, 2.45) is 0 Å². The van der Waals surface area contributed by atoms with Crippen molar-refractivity contribution in [2.45, 2.75) is 32.1 Å². The maximum Gasteiger partial charge on any atom is 0.0600 e. The number of benzene rings is 1. The first-order valence-corrected chi connectivity index (χ1v) is 7.45. The minimum atomic E-state index is 0.948. The molecule has 0 radical (unpaired) electrons. The zero-order chi connectivity index (χ0) is 13.7. The first-order valence-electron chi connectivity index (χ1n) is 7.45. The second-order valence-corrected chi connectivity index (χ2v) is 5.85. The molecule has 3 heteroatoms. The van der Waals surface area contributed by atoms with Gasteiger partial charge < -0.3 is 15.5 Å². The molecule has 1 aromatic carbocycles. The molecule has 1 aliphatic heterocycles. The molecule has 1 heterocycles. The van der Waals surface area contributed by atoms with Crippen LogP contribution < -0.4 is 10.6 Å². The number of nitrogens with two attached hydrogens (primary N) is 1. The largest absolute Gasteiger partial charge is 0.397 e. The molecule has 1 fully saturated rings. The number of nitrogens with zero attached hydrogens (tertiary/aromatic N) is 2. The van der Waals surface area contributed by atoms with E-state index >= 15 is 0 Å². The van der Waals surface area contributed by atoms with E-state index in [4.69, 9.17) is 5.73 Å². The fourth-order valence-electron chi connectivity index (χ4n) is 2.78. The third-order valence-corrected chi connectivity index (χ3v) is 3.86. The first-order chi connectivity index (χ1) is 9.16. The lowest BCUT2D eigenvalue weighted by Crippen LogP contribution is -2.30. The van der Waals surface area contributed by atoms with Gasteiger partial charge in [-0.2, -0.15) is 0 Å². The molecule has 0 bridgehead atoms. The van der Waals surface area contributed by atoms with Gasteiger partial charge >= 0.3 is 0 Å². The Kier molecular flexibility index (Phi) is 5.08. The van der Waals surface area contributed by atoms with Gasteiger partial charge in [-0.05, 0) is 70.4 Å². The van der Waals surface area contributed by atoms with Crippen LogP contribution in [0, 0.1) is 0 Å². The van der Waals surface area contributed by atoms with Gasteiger partial charge in [-0.15, -0.1) is 0 Å². The topological polar surface area (TPSA) is 32.5 Å². The monoisotopic (exact) mass is 261 g/mol. The molecule has 3 nitrogen and oxygen atoms in total. The van der Waals surface area contributed by atoms with Crippen molar-refractivity contribution in [1.82, 2.24) is 4.90 Å². The summed E-state index contributed by atoms with van der Waals surface area (Å²) in [7, 11) is 4.24. The highest BCUT2D eigenvalue weighted by Gasteiger charge is 2.13. The van der Waals surface area contributed by atoms with Crippen LogP contribution in [0.3, 0.4) is 0 Å². The van der Waals surface area contributed by atoms with E-state index in [0.717, 1.165) is 31.7 Å². The van der Waals surface area contributed by atoms with E-state index in [2.05, 4.69) is 42.1 Å². The van der Waals surface area contributed by atoms with E-state index < -0.39 is 0 Å². The predicted molar refractivity (Wildman–Crippen MR) is 83.8 cm³/mol. The van der Waals surface area contributed by atoms with Crippen molar-refractivity contribution in [3.05, 3.63) is 23.8 Å². The van der Waals surface area contributed by atoms with Crippen LogP contribution in [0.1, 0.15) is 31.2 Å². The van der Waals surface area contributed by atoms with Gasteiger partial charge in [0.1, 0.15) is 0 Å². The summed E-state index contributed by atoms with van der Waals surface area (Å²) in [5.41, 5.74) is 9.77. The van der Waals surface area contributed by atoms with Crippen LogP contribution >= 0.6 is 0 Å². The van der Waals surface area contributed by atoms with Crippen LogP contribution in [-0.4, -0.2) is 38.6 Å². The molecule has 2 rings (SSSR count). The van der Waals surface area contributed by atoms with Crippen molar-refractivity contribution in [2.75, 3.05) is 44.4 Å². The summed E-state index contributed by atoms with van der Waals surface area (Å²) < 4.78 is 0. The molecular formula is C16H27N3. The van der Waals surface area contributed by atoms with Gasteiger partial charge in [0.25, 0.3) is 0 Å². The van der Waals surface area contributed by atoms with Crippen LogP contribution in [0.4, 0.5) is 11.4 Å². The Balaban J connectivity index is 1.96. The summed E-state index contributed by atoms with van der Waals surface area (Å²) >= 11 is 0. The Morgan fingerprint density at radius 1 is 1.16 bits per heavy atom. The SMILES string of the molecule is CN(C)CCCc1ccc(N2CCCCC2)c(N)c1. The van der Waals surface area contributed by atoms with Gasteiger partial charge in [0.05, 0.1) is 11.4 Å². The van der Waals surface area contributed by atoms with E-state index in [1.165, 1.54) is 36.9 Å². The van der Waals surface area contributed by atoms with Crippen molar-refractivity contribution in [3.8, 4) is 0 Å². The normalized spacial score (nSPS) is 16.1. The quantitative estimate of drug-likeness (QED) is 0.827. The van der Waals surface area contributed by atoms with Gasteiger partial charge in [0.15, 0.2) is 0 Å². The number of piperidine rings is 1. The summed E-state index contributed by atoms with van der Waals surface area (Å²) in [4.78, 5) is 4.66. The van der Waals surface area contributed by atoms with E-state index in [1.54, 1.807) is 0 Å². The highest BCUT2D eigenvalue weighted by atomic mass is 15.1. The third kappa shape index (κ3) is 4.13. The Morgan fingerprint density at radius 3 is 2.53 bits per heavy atom. The zero-order valence-electron chi connectivity index (χ0n) is 12.4. The van der Waals surface area contributed by atoms with Crippen LogP contribution in [0.15, 0.2) is 18.2 Å². The van der Waals surface area contributed by atoms with Crippen LogP contribution in [0.5, 0.6) is 0 Å². The summed E-state index contributed by atoms with van der Waals surface area (Å²) in [6.07, 6.45) is 6.26. The lowest BCUT2D eigenvalue weighted by atomic mass is 10.1. The molecule has 0 atom stereocenters.